The Kier molecular flexibility index (Phi) is 2.62. The fraction of sp³-hybridized carbons (Fsp3) is 0.400. The van der Waals surface area contributed by atoms with E-state index in [1.54, 1.807) is 10.8 Å². The van der Waals surface area contributed by atoms with Crippen molar-refractivity contribution in [3.05, 3.63) is 58.4 Å². The molecule has 1 heterocycles. The lowest BCUT2D eigenvalue weighted by molar-refractivity contribution is 0.203. The Bertz CT molecular complexity index is 587. The standard InChI is InChI=1S/C15H17NO2/c1-12-3-5-13(6-4-12)15(7-2-8-15)11-16-9-10-18-14(16)17/h3-6,9-10H,2,7-8,11H2,1H3. The molecular formula is C15H17NO2. The number of nitrogens with zero attached hydrogens (tertiary/aromatic N) is 1. The van der Waals surface area contributed by atoms with E-state index in [4.69, 9.17) is 4.42 Å². The second-order valence-corrected chi connectivity index (χ2v) is 5.30. The molecule has 1 aliphatic carbocycles. The molecule has 1 aromatic heterocycles. The molecule has 0 spiro atoms. The van der Waals surface area contributed by atoms with E-state index in [0.29, 0.717) is 0 Å². The van der Waals surface area contributed by atoms with Gasteiger partial charge in [-0.05, 0) is 25.3 Å². The zero-order chi connectivity index (χ0) is 12.6. The highest BCUT2D eigenvalue weighted by Gasteiger charge is 2.39. The highest BCUT2D eigenvalue weighted by molar-refractivity contribution is 5.30. The normalized spacial score (nSPS) is 17.4. The van der Waals surface area contributed by atoms with Crippen LogP contribution < -0.4 is 5.76 Å². The lowest BCUT2D eigenvalue weighted by Gasteiger charge is -2.42. The van der Waals surface area contributed by atoms with Gasteiger partial charge in [0, 0.05) is 18.2 Å². The average Bonchev–Trinajstić information content (AvgIpc) is 2.71. The van der Waals surface area contributed by atoms with Gasteiger partial charge in [0.1, 0.15) is 6.26 Å². The lowest BCUT2D eigenvalue weighted by Crippen LogP contribution is -2.40. The highest BCUT2D eigenvalue weighted by Crippen LogP contribution is 2.44. The number of rotatable bonds is 3. The molecule has 0 atom stereocenters. The zero-order valence-corrected chi connectivity index (χ0v) is 10.6. The molecule has 0 unspecified atom stereocenters. The van der Waals surface area contributed by atoms with E-state index in [-0.39, 0.29) is 11.2 Å². The molecule has 0 aliphatic heterocycles. The van der Waals surface area contributed by atoms with Crippen molar-refractivity contribution in [3.63, 3.8) is 0 Å². The fourth-order valence-corrected chi connectivity index (χ4v) is 2.78. The molecule has 1 saturated carbocycles. The molecule has 1 aliphatic rings. The molecule has 3 nitrogen and oxygen atoms in total. The molecule has 0 radical (unpaired) electrons. The van der Waals surface area contributed by atoms with Crippen LogP contribution in [0.15, 0.2) is 45.9 Å². The van der Waals surface area contributed by atoms with E-state index in [2.05, 4.69) is 31.2 Å². The summed E-state index contributed by atoms with van der Waals surface area (Å²) in [5.74, 6) is -0.256. The van der Waals surface area contributed by atoms with Gasteiger partial charge >= 0.3 is 5.76 Å². The molecule has 0 bridgehead atoms. The van der Waals surface area contributed by atoms with Crippen LogP contribution in [0.5, 0.6) is 0 Å². The van der Waals surface area contributed by atoms with Gasteiger partial charge in [0.25, 0.3) is 0 Å². The van der Waals surface area contributed by atoms with Crippen LogP contribution in [-0.2, 0) is 12.0 Å². The minimum atomic E-state index is -0.256. The van der Waals surface area contributed by atoms with Crippen LogP contribution in [0.25, 0.3) is 0 Å². The Morgan fingerprint density at radius 2 is 2.00 bits per heavy atom. The molecule has 2 aromatic rings. The molecule has 18 heavy (non-hydrogen) atoms. The van der Waals surface area contributed by atoms with Gasteiger partial charge in [0.15, 0.2) is 0 Å². The summed E-state index contributed by atoms with van der Waals surface area (Å²) < 4.78 is 6.52. The summed E-state index contributed by atoms with van der Waals surface area (Å²) in [5, 5.41) is 0. The summed E-state index contributed by atoms with van der Waals surface area (Å²) in [6.45, 7) is 2.82. The SMILES string of the molecule is Cc1ccc(C2(Cn3ccoc3=O)CCC2)cc1. The minimum absolute atomic E-state index is 0.126. The van der Waals surface area contributed by atoms with Gasteiger partial charge in [0.05, 0.1) is 0 Å². The van der Waals surface area contributed by atoms with E-state index < -0.39 is 0 Å². The van der Waals surface area contributed by atoms with Crippen molar-refractivity contribution >= 4 is 0 Å². The zero-order valence-electron chi connectivity index (χ0n) is 10.6. The van der Waals surface area contributed by atoms with Crippen molar-refractivity contribution in [2.45, 2.75) is 38.1 Å². The van der Waals surface area contributed by atoms with Gasteiger partial charge in [-0.2, -0.15) is 0 Å². The molecule has 94 valence electrons. The number of benzene rings is 1. The fourth-order valence-electron chi connectivity index (χ4n) is 2.78. The molecule has 1 fully saturated rings. The summed E-state index contributed by atoms with van der Waals surface area (Å²) in [7, 11) is 0. The van der Waals surface area contributed by atoms with Crippen molar-refractivity contribution in [2.75, 3.05) is 0 Å². The van der Waals surface area contributed by atoms with Crippen LogP contribution in [0.2, 0.25) is 0 Å². The summed E-state index contributed by atoms with van der Waals surface area (Å²) in [6, 6.07) is 8.68. The molecular weight excluding hydrogens is 226 g/mol. The number of aryl methyl sites for hydroxylation is 1. The highest BCUT2D eigenvalue weighted by atomic mass is 16.4. The van der Waals surface area contributed by atoms with Crippen molar-refractivity contribution in [1.29, 1.82) is 0 Å². The van der Waals surface area contributed by atoms with Gasteiger partial charge in [0.2, 0.25) is 0 Å². The molecule has 1 aromatic carbocycles. The third-order valence-corrected chi connectivity index (χ3v) is 4.09. The van der Waals surface area contributed by atoms with Gasteiger partial charge < -0.3 is 4.42 Å². The first-order valence-corrected chi connectivity index (χ1v) is 6.41. The van der Waals surface area contributed by atoms with Crippen LogP contribution in [0, 0.1) is 6.92 Å². The quantitative estimate of drug-likeness (QED) is 0.830. The minimum Gasteiger partial charge on any atom is -0.416 e. The molecule has 0 N–H and O–H groups in total. The average molecular weight is 243 g/mol. The third-order valence-electron chi connectivity index (χ3n) is 4.09. The predicted molar refractivity (Wildman–Crippen MR) is 69.7 cm³/mol. The molecule has 3 heteroatoms. The van der Waals surface area contributed by atoms with Crippen LogP contribution >= 0.6 is 0 Å². The first-order valence-electron chi connectivity index (χ1n) is 6.41. The first kappa shape index (κ1) is 11.3. The Hall–Kier alpha value is -1.77. The van der Waals surface area contributed by atoms with E-state index in [0.717, 1.165) is 19.4 Å². The van der Waals surface area contributed by atoms with E-state index in [9.17, 15) is 4.79 Å². The van der Waals surface area contributed by atoms with Crippen LogP contribution in [0.4, 0.5) is 0 Å². The van der Waals surface area contributed by atoms with Crippen molar-refractivity contribution < 1.29 is 4.42 Å². The van der Waals surface area contributed by atoms with Crippen LogP contribution in [0.1, 0.15) is 30.4 Å². The molecule has 0 amide bonds. The van der Waals surface area contributed by atoms with E-state index in [1.807, 2.05) is 0 Å². The van der Waals surface area contributed by atoms with Crippen LogP contribution in [0.3, 0.4) is 0 Å². The first-order chi connectivity index (χ1) is 8.70. The van der Waals surface area contributed by atoms with E-state index >= 15 is 0 Å². The summed E-state index contributed by atoms with van der Waals surface area (Å²) in [6.07, 6.45) is 6.72. The van der Waals surface area contributed by atoms with Crippen molar-refractivity contribution in [2.24, 2.45) is 0 Å². The number of hydrogen-bond donors (Lipinski definition) is 0. The Balaban J connectivity index is 1.93. The van der Waals surface area contributed by atoms with Gasteiger partial charge in [-0.1, -0.05) is 36.2 Å². The molecule has 3 rings (SSSR count). The van der Waals surface area contributed by atoms with E-state index in [1.165, 1.54) is 23.8 Å². The Labute approximate surface area is 106 Å². The largest absolute Gasteiger partial charge is 0.418 e. The number of aromatic nitrogens is 1. The van der Waals surface area contributed by atoms with Gasteiger partial charge in [-0.15, -0.1) is 0 Å². The number of oxazole rings is 1. The lowest BCUT2D eigenvalue weighted by atomic mass is 9.64. The summed E-state index contributed by atoms with van der Waals surface area (Å²) in [5.41, 5.74) is 2.74. The topological polar surface area (TPSA) is 35.1 Å². The smallest absolute Gasteiger partial charge is 0.416 e. The summed E-state index contributed by atoms with van der Waals surface area (Å²) in [4.78, 5) is 11.5. The molecule has 0 saturated heterocycles. The predicted octanol–water partition coefficient (Wildman–Crippen LogP) is 2.87. The third kappa shape index (κ3) is 1.80. The monoisotopic (exact) mass is 243 g/mol. The second kappa shape index (κ2) is 4.16. The second-order valence-electron chi connectivity index (χ2n) is 5.30. The van der Waals surface area contributed by atoms with Gasteiger partial charge in [-0.3, -0.25) is 4.57 Å². The summed E-state index contributed by atoms with van der Waals surface area (Å²) >= 11 is 0. The Morgan fingerprint density at radius 1 is 1.28 bits per heavy atom. The Morgan fingerprint density at radius 3 is 2.50 bits per heavy atom. The van der Waals surface area contributed by atoms with Crippen molar-refractivity contribution in [1.82, 2.24) is 4.57 Å². The van der Waals surface area contributed by atoms with Gasteiger partial charge in [-0.25, -0.2) is 4.79 Å². The maximum atomic E-state index is 11.5. The van der Waals surface area contributed by atoms with Crippen LogP contribution in [-0.4, -0.2) is 4.57 Å². The number of hydrogen-bond acceptors (Lipinski definition) is 2. The maximum absolute atomic E-state index is 11.5. The maximum Gasteiger partial charge on any atom is 0.418 e. The van der Waals surface area contributed by atoms with Crippen molar-refractivity contribution in [3.8, 4) is 0 Å².